The lowest BCUT2D eigenvalue weighted by molar-refractivity contribution is 0.0980. The fourth-order valence-corrected chi connectivity index (χ4v) is 3.99. The molecule has 0 fully saturated rings. The highest BCUT2D eigenvalue weighted by molar-refractivity contribution is 7.18. The Kier molecular flexibility index (Phi) is 6.56. The van der Waals surface area contributed by atoms with Crippen LogP contribution in [0.1, 0.15) is 50.5 Å². The molecule has 0 unspecified atom stereocenters. The van der Waals surface area contributed by atoms with Crippen molar-refractivity contribution < 1.29 is 9.53 Å². The number of anilines is 1. The molecule has 1 aromatic heterocycles. The molecule has 30 heavy (non-hydrogen) atoms. The molecule has 0 N–H and O–H groups in total. The van der Waals surface area contributed by atoms with Crippen molar-refractivity contribution in [1.82, 2.24) is 10.2 Å². The van der Waals surface area contributed by atoms with Crippen LogP contribution in [-0.2, 0) is 5.41 Å². The van der Waals surface area contributed by atoms with Crippen LogP contribution in [0.3, 0.4) is 0 Å². The molecule has 0 spiro atoms. The van der Waals surface area contributed by atoms with Gasteiger partial charge in [-0.1, -0.05) is 82.4 Å². The van der Waals surface area contributed by atoms with E-state index in [-0.39, 0.29) is 17.2 Å². The third-order valence-electron chi connectivity index (χ3n) is 4.77. The molecule has 0 radical (unpaired) electrons. The maximum atomic E-state index is 13.3. The van der Waals surface area contributed by atoms with Gasteiger partial charge >= 0.3 is 0 Å². The van der Waals surface area contributed by atoms with Gasteiger partial charge in [-0.2, -0.15) is 0 Å². The van der Waals surface area contributed by atoms with Gasteiger partial charge in [-0.3, -0.25) is 9.69 Å². The van der Waals surface area contributed by atoms with Crippen molar-refractivity contribution in [2.45, 2.75) is 40.0 Å². The van der Waals surface area contributed by atoms with Gasteiger partial charge in [-0.15, -0.1) is 10.2 Å². The molecule has 0 aliphatic rings. The molecule has 1 amide bonds. The third-order valence-corrected chi connectivity index (χ3v) is 5.77. The molecule has 158 valence electrons. The molecule has 3 rings (SSSR count). The number of para-hydroxylation sites is 1. The quantitative estimate of drug-likeness (QED) is 0.502. The number of hydrogen-bond donors (Lipinski definition) is 0. The van der Waals surface area contributed by atoms with Crippen molar-refractivity contribution >= 4 is 22.4 Å². The molecule has 1 heterocycles. The Morgan fingerprint density at radius 1 is 1.07 bits per heavy atom. The number of rotatable bonds is 6. The smallest absolute Gasteiger partial charge is 0.263 e. The highest BCUT2D eigenvalue weighted by Crippen LogP contribution is 2.32. The largest absolute Gasteiger partial charge is 0.496 e. The van der Waals surface area contributed by atoms with E-state index in [4.69, 9.17) is 4.74 Å². The predicted molar refractivity (Wildman–Crippen MR) is 124 cm³/mol. The van der Waals surface area contributed by atoms with Gasteiger partial charge in [-0.25, -0.2) is 0 Å². The summed E-state index contributed by atoms with van der Waals surface area (Å²) < 4.78 is 5.39. The number of carbonyl (C=O) groups excluding carboxylic acids is 1. The van der Waals surface area contributed by atoms with E-state index >= 15 is 0 Å². The van der Waals surface area contributed by atoms with E-state index in [9.17, 15) is 4.79 Å². The van der Waals surface area contributed by atoms with Crippen molar-refractivity contribution in [3.05, 3.63) is 59.7 Å². The zero-order valence-corrected chi connectivity index (χ0v) is 19.3. The first kappa shape index (κ1) is 22.0. The van der Waals surface area contributed by atoms with Crippen molar-refractivity contribution in [1.29, 1.82) is 0 Å². The van der Waals surface area contributed by atoms with E-state index in [0.29, 0.717) is 23.0 Å². The zero-order chi connectivity index (χ0) is 21.9. The SMILES string of the molecule is COc1ccccc1C(=O)N(CC(C)C)c1nnc(-c2ccc(C(C)(C)C)cc2)s1. The summed E-state index contributed by atoms with van der Waals surface area (Å²) >= 11 is 1.43. The van der Waals surface area contributed by atoms with E-state index in [1.165, 1.54) is 16.9 Å². The third kappa shape index (κ3) is 4.87. The number of ether oxygens (including phenoxy) is 1. The number of carbonyl (C=O) groups is 1. The van der Waals surface area contributed by atoms with Crippen LogP contribution in [0.25, 0.3) is 10.6 Å². The zero-order valence-electron chi connectivity index (χ0n) is 18.5. The Hall–Kier alpha value is -2.73. The lowest BCUT2D eigenvalue weighted by Crippen LogP contribution is -2.34. The first-order valence-electron chi connectivity index (χ1n) is 10.1. The Balaban J connectivity index is 1.93. The first-order valence-corrected chi connectivity index (χ1v) is 10.9. The van der Waals surface area contributed by atoms with Crippen molar-refractivity contribution in [3.8, 4) is 16.3 Å². The van der Waals surface area contributed by atoms with Crippen LogP contribution < -0.4 is 9.64 Å². The van der Waals surface area contributed by atoms with Crippen LogP contribution in [0.15, 0.2) is 48.5 Å². The summed E-state index contributed by atoms with van der Waals surface area (Å²) in [7, 11) is 1.57. The number of hydrogen-bond acceptors (Lipinski definition) is 5. The Labute approximate surface area is 182 Å². The maximum absolute atomic E-state index is 13.3. The summed E-state index contributed by atoms with van der Waals surface area (Å²) in [4.78, 5) is 15.0. The number of amides is 1. The van der Waals surface area contributed by atoms with E-state index in [0.717, 1.165) is 10.6 Å². The molecular formula is C24H29N3O2S. The lowest BCUT2D eigenvalue weighted by atomic mass is 9.87. The molecule has 0 saturated heterocycles. The summed E-state index contributed by atoms with van der Waals surface area (Å²) in [6.07, 6.45) is 0. The number of aromatic nitrogens is 2. The van der Waals surface area contributed by atoms with Crippen molar-refractivity contribution in [3.63, 3.8) is 0 Å². The molecule has 6 heteroatoms. The highest BCUT2D eigenvalue weighted by Gasteiger charge is 2.25. The minimum absolute atomic E-state index is 0.0973. The fourth-order valence-electron chi connectivity index (χ4n) is 3.13. The monoisotopic (exact) mass is 423 g/mol. The fraction of sp³-hybridized carbons (Fsp3) is 0.375. The van der Waals surface area contributed by atoms with Crippen molar-refractivity contribution in [2.75, 3.05) is 18.6 Å². The molecule has 0 saturated carbocycles. The van der Waals surface area contributed by atoms with Crippen LogP contribution in [-0.4, -0.2) is 29.8 Å². The molecule has 5 nitrogen and oxygen atoms in total. The Bertz CT molecular complexity index is 1000. The molecule has 0 bridgehead atoms. The number of nitrogens with zero attached hydrogens (tertiary/aromatic N) is 3. The van der Waals surface area contributed by atoms with Crippen LogP contribution in [0.5, 0.6) is 5.75 Å². The Morgan fingerprint density at radius 2 is 1.73 bits per heavy atom. The number of benzene rings is 2. The normalized spacial score (nSPS) is 11.6. The Morgan fingerprint density at radius 3 is 2.33 bits per heavy atom. The van der Waals surface area contributed by atoms with Gasteiger partial charge < -0.3 is 4.74 Å². The second-order valence-electron chi connectivity index (χ2n) is 8.73. The van der Waals surface area contributed by atoms with Gasteiger partial charge in [0.2, 0.25) is 5.13 Å². The van der Waals surface area contributed by atoms with E-state index in [1.807, 2.05) is 12.1 Å². The van der Waals surface area contributed by atoms with Crippen LogP contribution >= 0.6 is 11.3 Å². The average Bonchev–Trinajstić information content (AvgIpc) is 3.20. The molecule has 0 atom stereocenters. The second kappa shape index (κ2) is 8.96. The molecule has 0 aliphatic heterocycles. The van der Waals surface area contributed by atoms with E-state index in [2.05, 4.69) is 69.1 Å². The van der Waals surface area contributed by atoms with Crippen LogP contribution in [0.4, 0.5) is 5.13 Å². The standard InChI is InChI=1S/C24H29N3O2S/c1-16(2)15-27(22(28)19-9-7-8-10-20(19)29-6)23-26-25-21(30-23)17-11-13-18(14-12-17)24(3,4)5/h7-14,16H,15H2,1-6H3. The summed E-state index contributed by atoms with van der Waals surface area (Å²) in [5.74, 6) is 0.702. The van der Waals surface area contributed by atoms with Crippen molar-refractivity contribution in [2.24, 2.45) is 5.92 Å². The predicted octanol–water partition coefficient (Wildman–Crippen LogP) is 5.81. The van der Waals surface area contributed by atoms with Gasteiger partial charge in [0.1, 0.15) is 10.8 Å². The second-order valence-corrected chi connectivity index (χ2v) is 9.68. The van der Waals surface area contributed by atoms with Crippen LogP contribution in [0.2, 0.25) is 0 Å². The van der Waals surface area contributed by atoms with Gasteiger partial charge in [0, 0.05) is 12.1 Å². The lowest BCUT2D eigenvalue weighted by Gasteiger charge is -2.22. The summed E-state index contributed by atoms with van der Waals surface area (Å²) in [6.45, 7) is 11.3. The molecule has 2 aromatic carbocycles. The first-order chi connectivity index (χ1) is 14.2. The van der Waals surface area contributed by atoms with Crippen LogP contribution in [0, 0.1) is 5.92 Å². The minimum Gasteiger partial charge on any atom is -0.496 e. The minimum atomic E-state index is -0.132. The van der Waals surface area contributed by atoms with Gasteiger partial charge in [0.05, 0.1) is 12.7 Å². The topological polar surface area (TPSA) is 55.3 Å². The van der Waals surface area contributed by atoms with Gasteiger partial charge in [0.15, 0.2) is 0 Å². The highest BCUT2D eigenvalue weighted by atomic mass is 32.1. The molecular weight excluding hydrogens is 394 g/mol. The molecule has 0 aliphatic carbocycles. The van der Waals surface area contributed by atoms with E-state index in [1.54, 1.807) is 24.1 Å². The van der Waals surface area contributed by atoms with E-state index < -0.39 is 0 Å². The van der Waals surface area contributed by atoms with Gasteiger partial charge in [-0.05, 0) is 29.0 Å². The molecule has 3 aromatic rings. The maximum Gasteiger partial charge on any atom is 0.263 e. The summed E-state index contributed by atoms with van der Waals surface area (Å²) in [6, 6.07) is 15.7. The number of methoxy groups -OCH3 is 1. The summed E-state index contributed by atoms with van der Waals surface area (Å²) in [5, 5.41) is 10.1. The summed E-state index contributed by atoms with van der Waals surface area (Å²) in [5.41, 5.74) is 2.89. The van der Waals surface area contributed by atoms with Gasteiger partial charge in [0.25, 0.3) is 5.91 Å². The average molecular weight is 424 g/mol.